The van der Waals surface area contributed by atoms with E-state index >= 15 is 0 Å². The number of halogens is 1. The zero-order valence-corrected chi connectivity index (χ0v) is 11.8. The Hall–Kier alpha value is -0.550. The van der Waals surface area contributed by atoms with Crippen molar-refractivity contribution in [2.24, 2.45) is 0 Å². The molecule has 17 heavy (non-hydrogen) atoms. The third kappa shape index (κ3) is 11.7. The van der Waals surface area contributed by atoms with E-state index in [9.17, 15) is 4.79 Å². The quantitative estimate of drug-likeness (QED) is 0.370. The van der Waals surface area contributed by atoms with Crippen LogP contribution in [0.25, 0.3) is 0 Å². The van der Waals surface area contributed by atoms with Crippen LogP contribution in [0.5, 0.6) is 0 Å². The summed E-state index contributed by atoms with van der Waals surface area (Å²) in [6.45, 7) is 4.09. The molecule has 0 atom stereocenters. The van der Waals surface area contributed by atoms with Crippen molar-refractivity contribution in [3.8, 4) is 0 Å². The lowest BCUT2D eigenvalue weighted by molar-refractivity contribution is 0.151. The van der Waals surface area contributed by atoms with E-state index in [1.54, 1.807) is 0 Å². The second-order valence-corrected chi connectivity index (χ2v) is 4.66. The van der Waals surface area contributed by atoms with Gasteiger partial charge in [-0.2, -0.15) is 0 Å². The highest BCUT2D eigenvalue weighted by Crippen LogP contribution is 2.03. The van der Waals surface area contributed by atoms with Crippen molar-refractivity contribution >= 4 is 22.0 Å². The van der Waals surface area contributed by atoms with Crippen LogP contribution in [0.2, 0.25) is 0 Å². The molecule has 0 aromatic heterocycles. The van der Waals surface area contributed by atoms with Crippen molar-refractivity contribution in [3.05, 3.63) is 12.2 Å². The molecule has 0 fully saturated rings. The predicted octanol–water partition coefficient (Wildman–Crippen LogP) is 2.61. The number of aliphatic hydroxyl groups is 1. The molecule has 5 heteroatoms. The van der Waals surface area contributed by atoms with E-state index in [0.29, 0.717) is 12.1 Å². The molecule has 4 nitrogen and oxygen atoms in total. The van der Waals surface area contributed by atoms with Gasteiger partial charge in [-0.1, -0.05) is 41.8 Å². The second kappa shape index (κ2) is 11.9. The molecule has 0 bridgehead atoms. The number of aliphatic hydroxyl groups excluding tert-OH is 1. The monoisotopic (exact) mass is 307 g/mol. The van der Waals surface area contributed by atoms with E-state index in [4.69, 9.17) is 9.84 Å². The van der Waals surface area contributed by atoms with Crippen LogP contribution in [0.3, 0.4) is 0 Å². The standard InChI is InChI=1S/C12H22BrNO3/c1-11(9-15)10-17-12(16)14-8-6-4-2-3-5-7-13/h15H,1-10H2,(H,14,16). The van der Waals surface area contributed by atoms with Crippen LogP contribution in [-0.2, 0) is 4.74 Å². The zero-order chi connectivity index (χ0) is 12.9. The molecule has 0 aliphatic rings. The van der Waals surface area contributed by atoms with Crippen LogP contribution in [0, 0.1) is 0 Å². The summed E-state index contributed by atoms with van der Waals surface area (Å²) in [6, 6.07) is 0. The maximum absolute atomic E-state index is 11.1. The van der Waals surface area contributed by atoms with E-state index in [1.807, 2.05) is 0 Å². The van der Waals surface area contributed by atoms with Crippen LogP contribution < -0.4 is 5.32 Å². The van der Waals surface area contributed by atoms with Gasteiger partial charge in [-0.15, -0.1) is 0 Å². The Bertz CT molecular complexity index is 222. The summed E-state index contributed by atoms with van der Waals surface area (Å²) in [6.07, 6.45) is 5.28. The van der Waals surface area contributed by atoms with Crippen LogP contribution >= 0.6 is 15.9 Å². The highest BCUT2D eigenvalue weighted by Gasteiger charge is 2.01. The lowest BCUT2D eigenvalue weighted by atomic mass is 10.1. The Kier molecular flexibility index (Phi) is 11.5. The van der Waals surface area contributed by atoms with E-state index in [1.165, 1.54) is 19.3 Å². The van der Waals surface area contributed by atoms with E-state index in [0.717, 1.165) is 18.2 Å². The minimum absolute atomic E-state index is 0.0770. The molecular formula is C12H22BrNO3. The summed E-state index contributed by atoms with van der Waals surface area (Å²) in [5, 5.41) is 12.4. The number of carbonyl (C=O) groups excluding carboxylic acids is 1. The van der Waals surface area contributed by atoms with Gasteiger partial charge in [-0.05, 0) is 18.4 Å². The SMILES string of the molecule is C=C(CO)COC(=O)NCCCCCCCBr. The number of carbonyl (C=O) groups is 1. The fourth-order valence-corrected chi connectivity index (χ4v) is 1.60. The van der Waals surface area contributed by atoms with Crippen molar-refractivity contribution in [2.75, 3.05) is 25.1 Å². The van der Waals surface area contributed by atoms with Crippen molar-refractivity contribution in [3.63, 3.8) is 0 Å². The van der Waals surface area contributed by atoms with Crippen molar-refractivity contribution in [2.45, 2.75) is 32.1 Å². The highest BCUT2D eigenvalue weighted by molar-refractivity contribution is 9.09. The molecular weight excluding hydrogens is 286 g/mol. The van der Waals surface area contributed by atoms with Crippen LogP contribution in [0.4, 0.5) is 4.79 Å². The summed E-state index contributed by atoms with van der Waals surface area (Å²) < 4.78 is 4.82. The van der Waals surface area contributed by atoms with Crippen molar-refractivity contribution in [1.29, 1.82) is 0 Å². The fourth-order valence-electron chi connectivity index (χ4n) is 1.20. The minimum Gasteiger partial charge on any atom is -0.445 e. The minimum atomic E-state index is -0.444. The Morgan fingerprint density at radius 3 is 2.53 bits per heavy atom. The lowest BCUT2D eigenvalue weighted by Gasteiger charge is -2.07. The number of nitrogens with one attached hydrogen (secondary N) is 1. The fraction of sp³-hybridized carbons (Fsp3) is 0.750. The summed E-state index contributed by atoms with van der Waals surface area (Å²) in [7, 11) is 0. The van der Waals surface area contributed by atoms with Crippen molar-refractivity contribution in [1.82, 2.24) is 5.32 Å². The smallest absolute Gasteiger partial charge is 0.407 e. The molecule has 0 heterocycles. The molecule has 0 aliphatic heterocycles. The molecule has 0 aromatic carbocycles. The molecule has 0 unspecified atom stereocenters. The molecule has 0 saturated carbocycles. The molecule has 0 spiro atoms. The highest BCUT2D eigenvalue weighted by atomic mass is 79.9. The van der Waals surface area contributed by atoms with Gasteiger partial charge >= 0.3 is 6.09 Å². The Labute approximate surface area is 112 Å². The molecule has 0 radical (unpaired) electrons. The molecule has 1 amide bonds. The van der Waals surface area contributed by atoms with Gasteiger partial charge in [0, 0.05) is 11.9 Å². The second-order valence-electron chi connectivity index (χ2n) is 3.87. The first-order valence-electron chi connectivity index (χ1n) is 5.94. The predicted molar refractivity (Wildman–Crippen MR) is 72.5 cm³/mol. The average molecular weight is 308 g/mol. The van der Waals surface area contributed by atoms with E-state index in [-0.39, 0.29) is 13.2 Å². The topological polar surface area (TPSA) is 58.6 Å². The van der Waals surface area contributed by atoms with Crippen molar-refractivity contribution < 1.29 is 14.6 Å². The number of alkyl carbamates (subject to hydrolysis) is 1. The first-order valence-corrected chi connectivity index (χ1v) is 7.07. The third-order valence-corrected chi connectivity index (χ3v) is 2.77. The molecule has 2 N–H and O–H groups in total. The third-order valence-electron chi connectivity index (χ3n) is 2.21. The Morgan fingerprint density at radius 2 is 1.88 bits per heavy atom. The number of hydrogen-bond acceptors (Lipinski definition) is 3. The maximum atomic E-state index is 11.1. The van der Waals surface area contributed by atoms with Gasteiger partial charge in [0.2, 0.25) is 0 Å². The van der Waals surface area contributed by atoms with Crippen LogP contribution in [0.1, 0.15) is 32.1 Å². The molecule has 0 aromatic rings. The Morgan fingerprint density at radius 1 is 1.24 bits per heavy atom. The van der Waals surface area contributed by atoms with Gasteiger partial charge in [0.15, 0.2) is 0 Å². The largest absolute Gasteiger partial charge is 0.445 e. The number of alkyl halides is 1. The number of ether oxygens (including phenoxy) is 1. The van der Waals surface area contributed by atoms with E-state index in [2.05, 4.69) is 27.8 Å². The first-order chi connectivity index (χ1) is 8.20. The zero-order valence-electron chi connectivity index (χ0n) is 10.2. The van der Waals surface area contributed by atoms with Crippen LogP contribution in [-0.4, -0.2) is 36.3 Å². The van der Waals surface area contributed by atoms with Gasteiger partial charge < -0.3 is 15.2 Å². The number of unbranched alkanes of at least 4 members (excludes halogenated alkanes) is 4. The summed E-state index contributed by atoms with van der Waals surface area (Å²) in [4.78, 5) is 11.1. The lowest BCUT2D eigenvalue weighted by Crippen LogP contribution is -2.26. The van der Waals surface area contributed by atoms with E-state index < -0.39 is 6.09 Å². The number of amides is 1. The first kappa shape index (κ1) is 16.4. The maximum Gasteiger partial charge on any atom is 0.407 e. The molecule has 0 saturated heterocycles. The summed E-state index contributed by atoms with van der Waals surface area (Å²) in [5.41, 5.74) is 0.495. The van der Waals surface area contributed by atoms with Gasteiger partial charge in [0.25, 0.3) is 0 Å². The molecule has 0 rings (SSSR count). The summed E-state index contributed by atoms with van der Waals surface area (Å²) >= 11 is 3.39. The van der Waals surface area contributed by atoms with Gasteiger partial charge in [0.1, 0.15) is 6.61 Å². The molecule has 100 valence electrons. The van der Waals surface area contributed by atoms with Gasteiger partial charge in [-0.25, -0.2) is 4.79 Å². The normalized spacial score (nSPS) is 10.0. The molecule has 0 aliphatic carbocycles. The Balaban J connectivity index is 3.25. The van der Waals surface area contributed by atoms with Gasteiger partial charge in [0.05, 0.1) is 6.61 Å². The van der Waals surface area contributed by atoms with Crippen LogP contribution in [0.15, 0.2) is 12.2 Å². The number of hydrogen-bond donors (Lipinski definition) is 2. The number of rotatable bonds is 10. The summed E-state index contributed by atoms with van der Waals surface area (Å²) in [5.74, 6) is 0. The average Bonchev–Trinajstić information content (AvgIpc) is 2.34. The van der Waals surface area contributed by atoms with Gasteiger partial charge in [-0.3, -0.25) is 0 Å².